The lowest BCUT2D eigenvalue weighted by molar-refractivity contribution is -0.131. The zero-order chi connectivity index (χ0) is 20.4. The number of anilines is 2. The van der Waals surface area contributed by atoms with Crippen LogP contribution in [0.25, 0.3) is 11.0 Å². The Kier molecular flexibility index (Phi) is 5.45. The molecule has 3 aromatic rings. The van der Waals surface area contributed by atoms with Crippen LogP contribution in [-0.4, -0.2) is 42.9 Å². The molecule has 2 aromatic carbocycles. The Morgan fingerprint density at radius 3 is 2.55 bits per heavy atom. The van der Waals surface area contributed by atoms with E-state index in [1.54, 1.807) is 18.2 Å². The molecule has 1 aliphatic rings. The maximum atomic E-state index is 12.8. The number of nitrogens with zero attached hydrogens (tertiary/aromatic N) is 2. The lowest BCUT2D eigenvalue weighted by atomic mass is 10.2. The van der Waals surface area contributed by atoms with Gasteiger partial charge < -0.3 is 19.5 Å². The Labute approximate surface area is 174 Å². The number of halogens is 1. The van der Waals surface area contributed by atoms with E-state index in [1.807, 2.05) is 42.2 Å². The summed E-state index contributed by atoms with van der Waals surface area (Å²) in [5, 5.41) is 4.34. The molecule has 1 fully saturated rings. The van der Waals surface area contributed by atoms with Crippen LogP contribution in [0.15, 0.2) is 52.9 Å². The van der Waals surface area contributed by atoms with Crippen molar-refractivity contribution in [2.45, 2.75) is 13.3 Å². The van der Waals surface area contributed by atoms with Crippen LogP contribution in [0.5, 0.6) is 0 Å². The standard InChI is InChI=1S/C22H22ClN3O3/c1-2-21(27)26-11-9-25(10-12-26)18-8-7-16(23)14-17(18)24-22(28)20-13-15-5-3-4-6-19(15)29-20/h3-8,13-14H,2,9-12H2,1H3,(H,24,28). The summed E-state index contributed by atoms with van der Waals surface area (Å²) in [7, 11) is 0. The van der Waals surface area contributed by atoms with E-state index in [-0.39, 0.29) is 17.6 Å². The normalized spacial score (nSPS) is 14.3. The molecule has 7 heteroatoms. The summed E-state index contributed by atoms with van der Waals surface area (Å²) in [5.41, 5.74) is 2.17. The van der Waals surface area contributed by atoms with Gasteiger partial charge in [0.15, 0.2) is 5.76 Å². The van der Waals surface area contributed by atoms with Gasteiger partial charge in [0, 0.05) is 43.0 Å². The zero-order valence-corrected chi connectivity index (χ0v) is 16.9. The Balaban J connectivity index is 1.54. The molecular weight excluding hydrogens is 390 g/mol. The fourth-order valence-corrected chi connectivity index (χ4v) is 3.75. The van der Waals surface area contributed by atoms with Crippen molar-refractivity contribution in [3.63, 3.8) is 0 Å². The number of carbonyl (C=O) groups excluding carboxylic acids is 2. The molecule has 0 radical (unpaired) electrons. The number of carbonyl (C=O) groups is 2. The minimum absolute atomic E-state index is 0.166. The predicted molar refractivity (Wildman–Crippen MR) is 115 cm³/mol. The average Bonchev–Trinajstić information content (AvgIpc) is 3.18. The first-order valence-corrected chi connectivity index (χ1v) is 10.0. The van der Waals surface area contributed by atoms with Gasteiger partial charge in [-0.25, -0.2) is 0 Å². The maximum absolute atomic E-state index is 12.8. The highest BCUT2D eigenvalue weighted by molar-refractivity contribution is 6.31. The van der Waals surface area contributed by atoms with E-state index in [2.05, 4.69) is 10.2 Å². The van der Waals surface area contributed by atoms with Gasteiger partial charge in [-0.2, -0.15) is 0 Å². The topological polar surface area (TPSA) is 65.8 Å². The Hall–Kier alpha value is -2.99. The zero-order valence-electron chi connectivity index (χ0n) is 16.2. The summed E-state index contributed by atoms with van der Waals surface area (Å²) in [6.07, 6.45) is 0.514. The van der Waals surface area contributed by atoms with E-state index in [0.717, 1.165) is 11.1 Å². The second kappa shape index (κ2) is 8.17. The number of fused-ring (bicyclic) bond motifs is 1. The second-order valence-corrected chi connectivity index (χ2v) is 7.42. The first kappa shape index (κ1) is 19.3. The fourth-order valence-electron chi connectivity index (χ4n) is 3.58. The molecule has 0 unspecified atom stereocenters. The summed E-state index contributed by atoms with van der Waals surface area (Å²) in [6.45, 7) is 4.58. The highest BCUT2D eigenvalue weighted by atomic mass is 35.5. The van der Waals surface area contributed by atoms with E-state index < -0.39 is 0 Å². The molecule has 29 heavy (non-hydrogen) atoms. The SMILES string of the molecule is CCC(=O)N1CCN(c2ccc(Cl)cc2NC(=O)c2cc3ccccc3o2)CC1. The van der Waals surface area contributed by atoms with Gasteiger partial charge in [-0.15, -0.1) is 0 Å². The summed E-state index contributed by atoms with van der Waals surface area (Å²) in [5.74, 6) is 0.0826. The van der Waals surface area contributed by atoms with Gasteiger partial charge >= 0.3 is 0 Å². The third-order valence-electron chi connectivity index (χ3n) is 5.13. The van der Waals surface area contributed by atoms with Crippen molar-refractivity contribution in [1.29, 1.82) is 0 Å². The van der Waals surface area contributed by atoms with Gasteiger partial charge in [0.1, 0.15) is 5.58 Å². The highest BCUT2D eigenvalue weighted by Gasteiger charge is 2.23. The molecule has 0 bridgehead atoms. The van der Waals surface area contributed by atoms with Crippen molar-refractivity contribution in [1.82, 2.24) is 4.90 Å². The van der Waals surface area contributed by atoms with E-state index in [1.165, 1.54) is 0 Å². The van der Waals surface area contributed by atoms with Gasteiger partial charge in [-0.05, 0) is 30.3 Å². The first-order chi connectivity index (χ1) is 14.0. The number of furan rings is 1. The summed E-state index contributed by atoms with van der Waals surface area (Å²) in [6, 6.07) is 14.7. The third-order valence-corrected chi connectivity index (χ3v) is 5.37. The van der Waals surface area contributed by atoms with Crippen LogP contribution in [0.1, 0.15) is 23.9 Å². The smallest absolute Gasteiger partial charge is 0.291 e. The first-order valence-electron chi connectivity index (χ1n) is 9.67. The number of para-hydroxylation sites is 1. The van der Waals surface area contributed by atoms with Crippen LogP contribution >= 0.6 is 11.6 Å². The predicted octanol–water partition coefficient (Wildman–Crippen LogP) is 4.40. The Bertz CT molecular complexity index is 1020. The molecule has 2 heterocycles. The monoisotopic (exact) mass is 411 g/mol. The van der Waals surface area contributed by atoms with Gasteiger partial charge in [0.25, 0.3) is 5.91 Å². The van der Waals surface area contributed by atoms with Crippen molar-refractivity contribution in [2.75, 3.05) is 36.4 Å². The van der Waals surface area contributed by atoms with E-state index >= 15 is 0 Å². The number of benzene rings is 2. The highest BCUT2D eigenvalue weighted by Crippen LogP contribution is 2.31. The van der Waals surface area contributed by atoms with Crippen LogP contribution in [0.4, 0.5) is 11.4 Å². The van der Waals surface area contributed by atoms with Crippen LogP contribution < -0.4 is 10.2 Å². The van der Waals surface area contributed by atoms with Gasteiger partial charge in [0.05, 0.1) is 11.4 Å². The lowest BCUT2D eigenvalue weighted by Crippen LogP contribution is -2.48. The second-order valence-electron chi connectivity index (χ2n) is 6.99. The number of piperazine rings is 1. The molecule has 2 amide bonds. The molecule has 1 aromatic heterocycles. The van der Waals surface area contributed by atoms with Crippen LogP contribution in [0, 0.1) is 0 Å². The minimum Gasteiger partial charge on any atom is -0.451 e. The van der Waals surface area contributed by atoms with E-state index in [4.69, 9.17) is 16.0 Å². The Morgan fingerprint density at radius 2 is 1.83 bits per heavy atom. The van der Waals surface area contributed by atoms with Crippen LogP contribution in [-0.2, 0) is 4.79 Å². The fraction of sp³-hybridized carbons (Fsp3) is 0.273. The molecule has 0 spiro atoms. The van der Waals surface area contributed by atoms with Gasteiger partial charge in [-0.1, -0.05) is 36.7 Å². The van der Waals surface area contributed by atoms with Crippen molar-refractivity contribution < 1.29 is 14.0 Å². The molecule has 6 nitrogen and oxygen atoms in total. The van der Waals surface area contributed by atoms with Crippen molar-refractivity contribution in [2.24, 2.45) is 0 Å². The number of rotatable bonds is 4. The van der Waals surface area contributed by atoms with Gasteiger partial charge in [-0.3, -0.25) is 9.59 Å². The van der Waals surface area contributed by atoms with E-state index in [9.17, 15) is 9.59 Å². The average molecular weight is 412 g/mol. The molecular formula is C22H22ClN3O3. The summed E-state index contributed by atoms with van der Waals surface area (Å²) < 4.78 is 5.67. The molecule has 0 aliphatic carbocycles. The van der Waals surface area contributed by atoms with Crippen molar-refractivity contribution in [3.05, 3.63) is 59.3 Å². The minimum atomic E-state index is -0.329. The molecule has 1 aliphatic heterocycles. The maximum Gasteiger partial charge on any atom is 0.291 e. The third kappa shape index (κ3) is 4.07. The largest absolute Gasteiger partial charge is 0.451 e. The summed E-state index contributed by atoms with van der Waals surface area (Å²) in [4.78, 5) is 28.7. The Morgan fingerprint density at radius 1 is 1.07 bits per heavy atom. The lowest BCUT2D eigenvalue weighted by Gasteiger charge is -2.37. The number of nitrogens with one attached hydrogen (secondary N) is 1. The molecule has 4 rings (SSSR count). The van der Waals surface area contributed by atoms with Crippen molar-refractivity contribution in [3.8, 4) is 0 Å². The van der Waals surface area contributed by atoms with E-state index in [0.29, 0.717) is 48.9 Å². The summed E-state index contributed by atoms with van der Waals surface area (Å²) >= 11 is 6.19. The molecule has 1 N–H and O–H groups in total. The van der Waals surface area contributed by atoms with Gasteiger partial charge in [0.2, 0.25) is 5.91 Å². The quantitative estimate of drug-likeness (QED) is 0.691. The van der Waals surface area contributed by atoms with Crippen LogP contribution in [0.2, 0.25) is 5.02 Å². The number of hydrogen-bond donors (Lipinski definition) is 1. The van der Waals surface area contributed by atoms with Crippen molar-refractivity contribution >= 4 is 45.8 Å². The van der Waals surface area contributed by atoms with Crippen LogP contribution in [0.3, 0.4) is 0 Å². The molecule has 150 valence electrons. The number of hydrogen-bond acceptors (Lipinski definition) is 4. The molecule has 1 saturated heterocycles. The molecule has 0 saturated carbocycles. The number of amides is 2. The molecule has 0 atom stereocenters.